The molecule has 2 aromatic carbocycles. The maximum atomic E-state index is 14.2. The lowest BCUT2D eigenvalue weighted by Crippen LogP contribution is -2.49. The smallest absolute Gasteiger partial charge is 0.435 e. The Balaban J connectivity index is 0.00000423. The molecule has 1 aromatic heterocycles. The highest BCUT2D eigenvalue weighted by Crippen LogP contribution is 2.28. The van der Waals surface area contributed by atoms with Crippen LogP contribution in [0.25, 0.3) is 10.9 Å². The molecule has 232 valence electrons. The van der Waals surface area contributed by atoms with Gasteiger partial charge in [-0.2, -0.15) is 4.68 Å². The van der Waals surface area contributed by atoms with Crippen LogP contribution in [0.5, 0.6) is 0 Å². The Kier molecular flexibility index (Phi) is 11.5. The third kappa shape index (κ3) is 7.54. The van der Waals surface area contributed by atoms with Crippen LogP contribution in [0.1, 0.15) is 79.0 Å². The molecule has 0 bridgehead atoms. The van der Waals surface area contributed by atoms with Crippen LogP contribution in [0, 0.1) is 5.82 Å². The first kappa shape index (κ1) is 32.4. The molecule has 0 atom stereocenters. The standard InChI is InChI=1S/C32H40FN5O4.ClH/c1-2-3-4-5-6-7-8-11-22-42-32(41)38-28-23-24(33)14-15-27(28)29(34-38)36-19-16-35(17-20-36)18-21-37-30(39)25-12-9-10-13-26(25)31(37)40;/h9-10,12-15,23H,2-8,11,16-22H2,1H3;1H. The number of piperazine rings is 1. The van der Waals surface area contributed by atoms with E-state index < -0.39 is 11.9 Å². The fourth-order valence-corrected chi connectivity index (χ4v) is 5.77. The van der Waals surface area contributed by atoms with Crippen molar-refractivity contribution in [2.24, 2.45) is 0 Å². The highest BCUT2D eigenvalue weighted by atomic mass is 35.5. The SMILES string of the molecule is CCCCCCCCCCOC(=O)n1nc(N2CCN(CCN3C(=O)c4ccccc4C3=O)CC2)c2ccc(F)cc21.Cl. The highest BCUT2D eigenvalue weighted by Gasteiger charge is 2.35. The minimum absolute atomic E-state index is 0. The number of hydrogen-bond donors (Lipinski definition) is 0. The number of benzene rings is 2. The van der Waals surface area contributed by atoms with Crippen LogP contribution in [-0.4, -0.2) is 83.4 Å². The largest absolute Gasteiger partial charge is 0.448 e. The molecule has 5 rings (SSSR count). The predicted octanol–water partition coefficient (Wildman–Crippen LogP) is 6.14. The summed E-state index contributed by atoms with van der Waals surface area (Å²) in [5, 5.41) is 5.27. The number of carbonyl (C=O) groups excluding carboxylic acids is 3. The summed E-state index contributed by atoms with van der Waals surface area (Å²) in [6, 6.07) is 11.3. The topological polar surface area (TPSA) is 88.0 Å². The van der Waals surface area contributed by atoms with Crippen molar-refractivity contribution >= 4 is 47.0 Å². The second-order valence-corrected chi connectivity index (χ2v) is 11.1. The van der Waals surface area contributed by atoms with Crippen LogP contribution in [0.3, 0.4) is 0 Å². The normalized spacial score (nSPS) is 15.2. The van der Waals surface area contributed by atoms with Crippen LogP contribution >= 0.6 is 12.4 Å². The Morgan fingerprint density at radius 3 is 2.14 bits per heavy atom. The van der Waals surface area contributed by atoms with E-state index >= 15 is 0 Å². The first-order valence-corrected chi connectivity index (χ1v) is 15.3. The van der Waals surface area contributed by atoms with Gasteiger partial charge < -0.3 is 9.64 Å². The summed E-state index contributed by atoms with van der Waals surface area (Å²) in [5.74, 6) is -0.307. The Morgan fingerprint density at radius 2 is 1.49 bits per heavy atom. The van der Waals surface area contributed by atoms with Crippen molar-refractivity contribution < 1.29 is 23.5 Å². The molecule has 43 heavy (non-hydrogen) atoms. The van der Waals surface area contributed by atoms with Crippen molar-refractivity contribution in [2.75, 3.05) is 50.8 Å². The van der Waals surface area contributed by atoms with Gasteiger partial charge >= 0.3 is 6.09 Å². The average molecular weight is 614 g/mol. The van der Waals surface area contributed by atoms with Crippen molar-refractivity contribution in [3.63, 3.8) is 0 Å². The minimum atomic E-state index is -0.598. The van der Waals surface area contributed by atoms with Crippen molar-refractivity contribution in [1.82, 2.24) is 19.6 Å². The van der Waals surface area contributed by atoms with Crippen molar-refractivity contribution in [3.05, 3.63) is 59.4 Å². The van der Waals surface area contributed by atoms with E-state index in [4.69, 9.17) is 4.74 Å². The van der Waals surface area contributed by atoms with Gasteiger partial charge in [0.1, 0.15) is 5.82 Å². The molecule has 2 aliphatic rings. The Bertz CT molecular complexity index is 1390. The molecule has 0 N–H and O–H groups in total. The van der Waals surface area contributed by atoms with Crippen LogP contribution < -0.4 is 4.90 Å². The number of rotatable bonds is 13. The number of imide groups is 1. The lowest BCUT2D eigenvalue weighted by Gasteiger charge is -2.35. The quantitative estimate of drug-likeness (QED) is 0.169. The Morgan fingerprint density at radius 1 is 0.860 bits per heavy atom. The summed E-state index contributed by atoms with van der Waals surface area (Å²) in [7, 11) is 0. The van der Waals surface area contributed by atoms with Gasteiger partial charge in [-0.05, 0) is 30.7 Å². The van der Waals surface area contributed by atoms with E-state index in [9.17, 15) is 18.8 Å². The lowest BCUT2D eigenvalue weighted by molar-refractivity contribution is 0.0634. The fourth-order valence-electron chi connectivity index (χ4n) is 5.77. The number of halogens is 2. The summed E-state index contributed by atoms with van der Waals surface area (Å²) >= 11 is 0. The number of amides is 2. The summed E-state index contributed by atoms with van der Waals surface area (Å²) in [4.78, 5) is 43.9. The summed E-state index contributed by atoms with van der Waals surface area (Å²) in [6.07, 6.45) is 8.59. The van der Waals surface area contributed by atoms with Gasteiger partial charge in [-0.15, -0.1) is 17.5 Å². The molecule has 0 unspecified atom stereocenters. The molecule has 1 fully saturated rings. The van der Waals surface area contributed by atoms with Gasteiger partial charge in [0, 0.05) is 50.7 Å². The minimum Gasteiger partial charge on any atom is -0.448 e. The number of anilines is 1. The molecule has 3 heterocycles. The number of ether oxygens (including phenoxy) is 1. The molecule has 2 aliphatic heterocycles. The monoisotopic (exact) mass is 613 g/mol. The predicted molar refractivity (Wildman–Crippen MR) is 167 cm³/mol. The average Bonchev–Trinajstić information content (AvgIpc) is 3.50. The van der Waals surface area contributed by atoms with Crippen LogP contribution in [0.15, 0.2) is 42.5 Å². The maximum Gasteiger partial charge on any atom is 0.435 e. The fraction of sp³-hybridized carbons (Fsp3) is 0.500. The number of carbonyl (C=O) groups is 3. The Hall–Kier alpha value is -3.50. The summed E-state index contributed by atoms with van der Waals surface area (Å²) in [6.45, 7) is 6.09. The number of unbranched alkanes of at least 4 members (excludes halogenated alkanes) is 7. The molecular formula is C32H41ClFN5O4. The van der Waals surface area contributed by atoms with Gasteiger partial charge in [0.2, 0.25) is 0 Å². The highest BCUT2D eigenvalue weighted by molar-refractivity contribution is 6.21. The molecule has 0 aliphatic carbocycles. The molecule has 3 aromatic rings. The number of nitrogens with zero attached hydrogens (tertiary/aromatic N) is 5. The van der Waals surface area contributed by atoms with E-state index in [2.05, 4.69) is 21.8 Å². The first-order chi connectivity index (χ1) is 20.5. The van der Waals surface area contributed by atoms with Gasteiger partial charge in [0.05, 0.1) is 23.3 Å². The van der Waals surface area contributed by atoms with Crippen molar-refractivity contribution in [2.45, 2.75) is 58.3 Å². The third-order valence-electron chi connectivity index (χ3n) is 8.21. The van der Waals surface area contributed by atoms with Crippen LogP contribution in [0.2, 0.25) is 0 Å². The van der Waals surface area contributed by atoms with Gasteiger partial charge in [0.15, 0.2) is 5.82 Å². The second-order valence-electron chi connectivity index (χ2n) is 11.1. The molecule has 0 radical (unpaired) electrons. The molecule has 0 spiro atoms. The zero-order valence-electron chi connectivity index (χ0n) is 24.8. The Labute approximate surface area is 258 Å². The molecule has 1 saturated heterocycles. The van der Waals surface area contributed by atoms with E-state index in [-0.39, 0.29) is 24.2 Å². The van der Waals surface area contributed by atoms with Gasteiger partial charge in [-0.1, -0.05) is 64.0 Å². The van der Waals surface area contributed by atoms with Crippen molar-refractivity contribution in [3.8, 4) is 0 Å². The van der Waals surface area contributed by atoms with E-state index in [0.29, 0.717) is 73.7 Å². The summed E-state index contributed by atoms with van der Waals surface area (Å²) < 4.78 is 20.9. The van der Waals surface area contributed by atoms with E-state index in [1.807, 2.05) is 0 Å². The van der Waals surface area contributed by atoms with Gasteiger partial charge in [-0.3, -0.25) is 19.4 Å². The molecule has 9 nitrogen and oxygen atoms in total. The lowest BCUT2D eigenvalue weighted by atomic mass is 10.1. The van der Waals surface area contributed by atoms with E-state index in [1.54, 1.807) is 30.3 Å². The number of fused-ring (bicyclic) bond motifs is 2. The first-order valence-electron chi connectivity index (χ1n) is 15.3. The van der Waals surface area contributed by atoms with E-state index in [1.165, 1.54) is 53.8 Å². The van der Waals surface area contributed by atoms with Gasteiger partial charge in [-0.25, -0.2) is 9.18 Å². The molecule has 0 saturated carbocycles. The van der Waals surface area contributed by atoms with Gasteiger partial charge in [0.25, 0.3) is 11.8 Å². The second kappa shape index (κ2) is 15.3. The number of hydrogen-bond acceptors (Lipinski definition) is 7. The van der Waals surface area contributed by atoms with Crippen molar-refractivity contribution in [1.29, 1.82) is 0 Å². The summed E-state index contributed by atoms with van der Waals surface area (Å²) in [5.41, 5.74) is 1.31. The molecule has 11 heteroatoms. The van der Waals surface area contributed by atoms with Crippen LogP contribution in [0.4, 0.5) is 15.0 Å². The molecule has 2 amide bonds. The zero-order chi connectivity index (χ0) is 29.5. The zero-order valence-corrected chi connectivity index (χ0v) is 25.6. The van der Waals surface area contributed by atoms with E-state index in [0.717, 1.165) is 19.3 Å². The molecular weight excluding hydrogens is 573 g/mol. The maximum absolute atomic E-state index is 14.2. The number of aromatic nitrogens is 2. The third-order valence-corrected chi connectivity index (χ3v) is 8.21. The van der Waals surface area contributed by atoms with Crippen LogP contribution in [-0.2, 0) is 4.74 Å².